The molecular formula is C15H13NO4. The number of fused-ring (bicyclic) bond motifs is 1. The second-order valence-corrected chi connectivity index (χ2v) is 4.77. The Kier molecular flexibility index (Phi) is 2.89. The van der Waals surface area contributed by atoms with Gasteiger partial charge in [-0.05, 0) is 36.6 Å². The van der Waals surface area contributed by atoms with Crippen molar-refractivity contribution in [3.8, 4) is 5.75 Å². The summed E-state index contributed by atoms with van der Waals surface area (Å²) in [6.07, 6.45) is 5.32. The summed E-state index contributed by atoms with van der Waals surface area (Å²) in [6, 6.07) is 5.42. The lowest BCUT2D eigenvalue weighted by atomic mass is 10.1. The highest BCUT2D eigenvalue weighted by Gasteiger charge is 2.55. The van der Waals surface area contributed by atoms with Crippen molar-refractivity contribution in [2.75, 3.05) is 7.11 Å². The van der Waals surface area contributed by atoms with Gasteiger partial charge in [0, 0.05) is 0 Å². The van der Waals surface area contributed by atoms with Crippen LogP contribution in [0.5, 0.6) is 5.75 Å². The van der Waals surface area contributed by atoms with Gasteiger partial charge in [-0.25, -0.2) is 9.79 Å². The van der Waals surface area contributed by atoms with Crippen LogP contribution in [0.15, 0.2) is 29.3 Å². The van der Waals surface area contributed by atoms with Crippen molar-refractivity contribution < 1.29 is 19.1 Å². The number of rotatable bonds is 3. The van der Waals surface area contributed by atoms with E-state index in [0.717, 1.165) is 18.4 Å². The van der Waals surface area contributed by atoms with Crippen LogP contribution in [0.3, 0.4) is 0 Å². The number of carbonyl (C=O) groups excluding carboxylic acids is 2. The van der Waals surface area contributed by atoms with Gasteiger partial charge in [-0.3, -0.25) is 4.79 Å². The number of allylic oxidation sites excluding steroid dienone is 1. The SMILES string of the molecule is COC(=O)C1=Nc2cc(/C=C/C=O)ccc2OC12CC2. The molecule has 3 rings (SSSR count). The molecule has 5 heteroatoms. The molecule has 1 spiro atoms. The zero-order chi connectivity index (χ0) is 14.2. The molecule has 1 aromatic carbocycles. The summed E-state index contributed by atoms with van der Waals surface area (Å²) < 4.78 is 10.7. The third-order valence-corrected chi connectivity index (χ3v) is 3.40. The Bertz CT molecular complexity index is 641. The van der Waals surface area contributed by atoms with Crippen molar-refractivity contribution in [3.63, 3.8) is 0 Å². The Balaban J connectivity index is 2.02. The fourth-order valence-electron chi connectivity index (χ4n) is 2.22. The van der Waals surface area contributed by atoms with Gasteiger partial charge < -0.3 is 9.47 Å². The van der Waals surface area contributed by atoms with Crippen LogP contribution in [0.1, 0.15) is 18.4 Å². The van der Waals surface area contributed by atoms with Crippen LogP contribution in [0, 0.1) is 0 Å². The molecule has 102 valence electrons. The highest BCUT2D eigenvalue weighted by atomic mass is 16.5. The molecule has 1 saturated carbocycles. The van der Waals surface area contributed by atoms with Crippen molar-refractivity contribution in [3.05, 3.63) is 29.8 Å². The molecular weight excluding hydrogens is 258 g/mol. The summed E-state index contributed by atoms with van der Waals surface area (Å²) in [6.45, 7) is 0. The Morgan fingerprint density at radius 2 is 2.25 bits per heavy atom. The van der Waals surface area contributed by atoms with Gasteiger partial charge in [-0.2, -0.15) is 0 Å². The molecule has 0 amide bonds. The highest BCUT2D eigenvalue weighted by Crippen LogP contribution is 2.48. The van der Waals surface area contributed by atoms with Crippen molar-refractivity contribution in [1.29, 1.82) is 0 Å². The average molecular weight is 271 g/mol. The van der Waals surface area contributed by atoms with Crippen molar-refractivity contribution in [1.82, 2.24) is 0 Å². The van der Waals surface area contributed by atoms with Gasteiger partial charge in [-0.15, -0.1) is 0 Å². The second-order valence-electron chi connectivity index (χ2n) is 4.77. The molecule has 1 aromatic rings. The molecule has 0 atom stereocenters. The van der Waals surface area contributed by atoms with E-state index in [1.165, 1.54) is 13.2 Å². The van der Waals surface area contributed by atoms with E-state index < -0.39 is 11.6 Å². The molecule has 1 aliphatic carbocycles. The summed E-state index contributed by atoms with van der Waals surface area (Å²) in [5.41, 5.74) is 1.12. The van der Waals surface area contributed by atoms with Crippen LogP contribution in [-0.2, 0) is 14.3 Å². The van der Waals surface area contributed by atoms with E-state index in [1.807, 2.05) is 6.07 Å². The summed E-state index contributed by atoms with van der Waals surface area (Å²) in [4.78, 5) is 26.5. The van der Waals surface area contributed by atoms with E-state index in [9.17, 15) is 9.59 Å². The third kappa shape index (κ3) is 2.01. The van der Waals surface area contributed by atoms with E-state index in [4.69, 9.17) is 9.47 Å². The predicted octanol–water partition coefficient (Wildman–Crippen LogP) is 2.07. The molecule has 0 saturated heterocycles. The zero-order valence-electron chi connectivity index (χ0n) is 11.0. The maximum atomic E-state index is 11.8. The quantitative estimate of drug-likeness (QED) is 0.479. The topological polar surface area (TPSA) is 65.0 Å². The van der Waals surface area contributed by atoms with Crippen molar-refractivity contribution in [2.45, 2.75) is 18.4 Å². The predicted molar refractivity (Wildman–Crippen MR) is 73.2 cm³/mol. The first-order valence-corrected chi connectivity index (χ1v) is 6.31. The van der Waals surface area contributed by atoms with E-state index in [1.54, 1.807) is 18.2 Å². The van der Waals surface area contributed by atoms with E-state index in [0.29, 0.717) is 23.4 Å². The monoisotopic (exact) mass is 271 g/mol. The molecule has 20 heavy (non-hydrogen) atoms. The molecule has 1 heterocycles. The minimum Gasteiger partial charge on any atom is -0.478 e. The van der Waals surface area contributed by atoms with Gasteiger partial charge >= 0.3 is 5.97 Å². The first-order chi connectivity index (χ1) is 9.68. The molecule has 1 fully saturated rings. The van der Waals surface area contributed by atoms with Gasteiger partial charge in [0.05, 0.1) is 7.11 Å². The Labute approximate surface area is 115 Å². The lowest BCUT2D eigenvalue weighted by molar-refractivity contribution is -0.133. The van der Waals surface area contributed by atoms with Gasteiger partial charge in [0.1, 0.15) is 17.7 Å². The molecule has 0 bridgehead atoms. The van der Waals surface area contributed by atoms with E-state index in [-0.39, 0.29) is 0 Å². The standard InChI is InChI=1S/C15H13NO4/c1-19-14(18)13-15(6-7-15)20-12-5-4-10(3-2-8-17)9-11(12)16-13/h2-5,8-9H,6-7H2,1H3/b3-2+. The third-order valence-electron chi connectivity index (χ3n) is 3.40. The Hall–Kier alpha value is -2.43. The van der Waals surface area contributed by atoms with Crippen molar-refractivity contribution in [2.24, 2.45) is 4.99 Å². The Morgan fingerprint density at radius 1 is 1.45 bits per heavy atom. The summed E-state index contributed by atoms with van der Waals surface area (Å²) >= 11 is 0. The number of benzene rings is 1. The fourth-order valence-corrected chi connectivity index (χ4v) is 2.22. The molecule has 5 nitrogen and oxygen atoms in total. The minimum atomic E-state index is -0.597. The molecule has 0 unspecified atom stereocenters. The Morgan fingerprint density at radius 3 is 2.90 bits per heavy atom. The number of aliphatic imine (C=N–C) groups is 1. The summed E-state index contributed by atoms with van der Waals surface area (Å²) in [7, 11) is 1.33. The van der Waals surface area contributed by atoms with Gasteiger partial charge in [0.25, 0.3) is 0 Å². The van der Waals surface area contributed by atoms with Gasteiger partial charge in [0.15, 0.2) is 11.3 Å². The maximum Gasteiger partial charge on any atom is 0.356 e. The number of carbonyl (C=O) groups is 2. The lowest BCUT2D eigenvalue weighted by Crippen LogP contribution is -2.38. The molecule has 1 aliphatic heterocycles. The molecule has 0 aromatic heterocycles. The number of aldehydes is 1. The van der Waals surface area contributed by atoms with Crippen LogP contribution in [0.25, 0.3) is 6.08 Å². The minimum absolute atomic E-state index is 0.323. The zero-order valence-corrected chi connectivity index (χ0v) is 11.0. The van der Waals surface area contributed by atoms with Crippen LogP contribution < -0.4 is 4.74 Å². The first kappa shape index (κ1) is 12.6. The van der Waals surface area contributed by atoms with Crippen LogP contribution in [0.4, 0.5) is 5.69 Å². The van der Waals surface area contributed by atoms with Gasteiger partial charge in [-0.1, -0.05) is 12.1 Å². The number of hydrogen-bond acceptors (Lipinski definition) is 5. The fraction of sp³-hybridized carbons (Fsp3) is 0.267. The summed E-state index contributed by atoms with van der Waals surface area (Å²) in [5, 5.41) is 0. The van der Waals surface area contributed by atoms with E-state index >= 15 is 0 Å². The number of esters is 1. The molecule has 2 aliphatic rings. The van der Waals surface area contributed by atoms with Crippen LogP contribution in [-0.4, -0.2) is 30.7 Å². The largest absolute Gasteiger partial charge is 0.478 e. The number of hydrogen-bond donors (Lipinski definition) is 0. The highest BCUT2D eigenvalue weighted by molar-refractivity contribution is 6.41. The number of ether oxygens (including phenoxy) is 2. The first-order valence-electron chi connectivity index (χ1n) is 6.31. The normalized spacial score (nSPS) is 18.1. The number of nitrogens with zero attached hydrogens (tertiary/aromatic N) is 1. The van der Waals surface area contributed by atoms with Crippen LogP contribution >= 0.6 is 0 Å². The maximum absolute atomic E-state index is 11.8. The second kappa shape index (κ2) is 4.59. The molecule has 0 radical (unpaired) electrons. The van der Waals surface area contributed by atoms with Crippen molar-refractivity contribution >= 4 is 29.7 Å². The van der Waals surface area contributed by atoms with Gasteiger partial charge in [0.2, 0.25) is 0 Å². The molecule has 0 N–H and O–H groups in total. The van der Waals surface area contributed by atoms with Crippen LogP contribution in [0.2, 0.25) is 0 Å². The average Bonchev–Trinajstić information content (AvgIpc) is 3.23. The summed E-state index contributed by atoms with van der Waals surface area (Å²) in [5.74, 6) is 0.195. The lowest BCUT2D eigenvalue weighted by Gasteiger charge is -2.24. The number of methoxy groups -OCH3 is 1. The van der Waals surface area contributed by atoms with E-state index in [2.05, 4.69) is 4.99 Å². The smallest absolute Gasteiger partial charge is 0.356 e.